The first-order chi connectivity index (χ1) is 14.6. The lowest BCUT2D eigenvalue weighted by atomic mass is 10.0. The Morgan fingerprint density at radius 3 is 2.43 bits per heavy atom. The van der Waals surface area contributed by atoms with Crippen molar-refractivity contribution in [1.82, 2.24) is 10.2 Å². The van der Waals surface area contributed by atoms with E-state index in [2.05, 4.69) is 60.5 Å². The van der Waals surface area contributed by atoms with Crippen LogP contribution in [0.1, 0.15) is 37.8 Å². The fraction of sp³-hybridized carbons (Fsp3) is 0.480. The van der Waals surface area contributed by atoms with Crippen molar-refractivity contribution in [2.75, 3.05) is 20.2 Å². The Labute approximate surface area is 185 Å². The fourth-order valence-electron chi connectivity index (χ4n) is 3.92. The highest BCUT2D eigenvalue weighted by atomic mass is 32.2. The van der Waals surface area contributed by atoms with E-state index in [0.717, 1.165) is 44.0 Å². The van der Waals surface area contributed by atoms with E-state index >= 15 is 0 Å². The van der Waals surface area contributed by atoms with E-state index in [1.807, 2.05) is 18.2 Å². The van der Waals surface area contributed by atoms with Crippen molar-refractivity contribution in [3.8, 4) is 5.75 Å². The topological polar surface area (TPSA) is 41.6 Å². The molecule has 162 valence electrons. The molecule has 1 fully saturated rings. The molecule has 0 aliphatic carbocycles. The van der Waals surface area contributed by atoms with Gasteiger partial charge in [0.15, 0.2) is 0 Å². The number of carbonyl (C=O) groups is 1. The molecule has 0 saturated carbocycles. The number of rotatable bonds is 9. The number of nitrogens with zero attached hydrogens (tertiary/aromatic N) is 1. The summed E-state index contributed by atoms with van der Waals surface area (Å²) in [5, 5.41) is 3.32. The van der Waals surface area contributed by atoms with Crippen molar-refractivity contribution in [2.45, 2.75) is 50.3 Å². The van der Waals surface area contributed by atoms with Gasteiger partial charge in [0, 0.05) is 37.0 Å². The molecule has 2 aromatic carbocycles. The Hall–Kier alpha value is -1.98. The molecule has 1 heterocycles. The number of carbonyl (C=O) groups excluding carboxylic acids is 1. The van der Waals surface area contributed by atoms with Crippen LogP contribution in [0.3, 0.4) is 0 Å². The van der Waals surface area contributed by atoms with Crippen LogP contribution in [0.25, 0.3) is 0 Å². The average Bonchev–Trinajstić information content (AvgIpc) is 2.76. The van der Waals surface area contributed by atoms with Gasteiger partial charge in [-0.1, -0.05) is 62.4 Å². The van der Waals surface area contributed by atoms with Gasteiger partial charge in [0.05, 0.1) is 12.4 Å². The molecule has 2 aromatic rings. The van der Waals surface area contributed by atoms with Crippen molar-refractivity contribution < 1.29 is 9.53 Å². The van der Waals surface area contributed by atoms with E-state index in [1.54, 1.807) is 18.9 Å². The highest BCUT2D eigenvalue weighted by Crippen LogP contribution is 2.25. The normalized spacial score (nSPS) is 16.4. The molecule has 1 saturated heterocycles. The Kier molecular flexibility index (Phi) is 8.64. The molecule has 1 unspecified atom stereocenters. The molecule has 0 bridgehead atoms. The maximum Gasteiger partial charge on any atom is 0.233 e. The summed E-state index contributed by atoms with van der Waals surface area (Å²) in [4.78, 5) is 15.4. The standard InChI is InChI=1S/C25H34N2O2S/c1-19(2)24(30-18-20-9-5-4-6-10-20)25(28)26-22-13-15-27(16-14-22)17-21-11-7-8-12-23(21)29-3/h4-12,19,22,24H,13-18H2,1-3H3,(H,26,28). The van der Waals surface area contributed by atoms with E-state index in [-0.39, 0.29) is 17.2 Å². The van der Waals surface area contributed by atoms with E-state index in [4.69, 9.17) is 4.74 Å². The third kappa shape index (κ3) is 6.51. The number of piperidine rings is 1. The molecular weight excluding hydrogens is 392 g/mol. The lowest BCUT2D eigenvalue weighted by Crippen LogP contribution is -2.47. The summed E-state index contributed by atoms with van der Waals surface area (Å²) in [6.07, 6.45) is 1.99. The quantitative estimate of drug-likeness (QED) is 0.629. The minimum atomic E-state index is -0.0168. The lowest BCUT2D eigenvalue weighted by molar-refractivity contribution is -0.122. The number of thioether (sulfide) groups is 1. The highest BCUT2D eigenvalue weighted by molar-refractivity contribution is 7.99. The predicted octanol–water partition coefficient (Wildman–Crippen LogP) is 4.73. The summed E-state index contributed by atoms with van der Waals surface area (Å²) in [6.45, 7) is 7.15. The number of para-hydroxylation sites is 1. The Balaban J connectivity index is 1.47. The van der Waals surface area contributed by atoms with Crippen molar-refractivity contribution in [1.29, 1.82) is 0 Å². The Morgan fingerprint density at radius 2 is 1.77 bits per heavy atom. The summed E-state index contributed by atoms with van der Waals surface area (Å²) in [7, 11) is 1.72. The third-order valence-electron chi connectivity index (χ3n) is 5.66. The van der Waals surface area contributed by atoms with Crippen LogP contribution in [0.15, 0.2) is 54.6 Å². The van der Waals surface area contributed by atoms with Crippen LogP contribution < -0.4 is 10.1 Å². The van der Waals surface area contributed by atoms with Gasteiger partial charge in [-0.25, -0.2) is 0 Å². The largest absolute Gasteiger partial charge is 0.496 e. The van der Waals surface area contributed by atoms with Crippen LogP contribution >= 0.6 is 11.8 Å². The second-order valence-corrected chi connectivity index (χ2v) is 9.46. The van der Waals surface area contributed by atoms with Crippen molar-refractivity contribution in [2.24, 2.45) is 5.92 Å². The van der Waals surface area contributed by atoms with Gasteiger partial charge in [0.1, 0.15) is 5.75 Å². The van der Waals surface area contributed by atoms with Gasteiger partial charge in [0.2, 0.25) is 5.91 Å². The summed E-state index contributed by atoms with van der Waals surface area (Å²) in [5.41, 5.74) is 2.49. The minimum absolute atomic E-state index is 0.0168. The number of hydrogen-bond acceptors (Lipinski definition) is 4. The second kappa shape index (κ2) is 11.4. The van der Waals surface area contributed by atoms with Gasteiger partial charge in [-0.05, 0) is 30.4 Å². The smallest absolute Gasteiger partial charge is 0.233 e. The molecule has 1 aliphatic rings. The number of amides is 1. The van der Waals surface area contributed by atoms with Gasteiger partial charge < -0.3 is 10.1 Å². The lowest BCUT2D eigenvalue weighted by Gasteiger charge is -2.33. The zero-order valence-electron chi connectivity index (χ0n) is 18.3. The van der Waals surface area contributed by atoms with Gasteiger partial charge in [-0.2, -0.15) is 0 Å². The summed E-state index contributed by atoms with van der Waals surface area (Å²) in [5.74, 6) is 2.32. The van der Waals surface area contributed by atoms with Crippen LogP contribution in [0, 0.1) is 5.92 Å². The van der Waals surface area contributed by atoms with E-state index < -0.39 is 0 Å². The number of hydrogen-bond donors (Lipinski definition) is 1. The van der Waals surface area contributed by atoms with Crippen LogP contribution in [0.5, 0.6) is 5.75 Å². The molecule has 1 amide bonds. The average molecular weight is 427 g/mol. The number of likely N-dealkylation sites (tertiary alicyclic amines) is 1. The van der Waals surface area contributed by atoms with Crippen LogP contribution in [0.2, 0.25) is 0 Å². The zero-order chi connectivity index (χ0) is 21.3. The summed E-state index contributed by atoms with van der Waals surface area (Å²) < 4.78 is 5.48. The van der Waals surface area contributed by atoms with E-state index in [1.165, 1.54) is 11.1 Å². The summed E-state index contributed by atoms with van der Waals surface area (Å²) in [6, 6.07) is 18.9. The number of methoxy groups -OCH3 is 1. The fourth-order valence-corrected chi connectivity index (χ4v) is 5.09. The highest BCUT2D eigenvalue weighted by Gasteiger charge is 2.27. The van der Waals surface area contributed by atoms with Gasteiger partial charge >= 0.3 is 0 Å². The van der Waals surface area contributed by atoms with E-state index in [9.17, 15) is 4.79 Å². The number of benzene rings is 2. The SMILES string of the molecule is COc1ccccc1CN1CCC(NC(=O)C(SCc2ccccc2)C(C)C)CC1. The van der Waals surface area contributed by atoms with Crippen LogP contribution in [-0.2, 0) is 17.1 Å². The monoisotopic (exact) mass is 426 g/mol. The molecule has 1 aliphatic heterocycles. The maximum atomic E-state index is 13.0. The molecule has 0 radical (unpaired) electrons. The van der Waals surface area contributed by atoms with Crippen LogP contribution in [-0.4, -0.2) is 42.3 Å². The van der Waals surface area contributed by atoms with Crippen LogP contribution in [0.4, 0.5) is 0 Å². The zero-order valence-corrected chi connectivity index (χ0v) is 19.2. The van der Waals surface area contributed by atoms with Gasteiger partial charge in [-0.3, -0.25) is 9.69 Å². The van der Waals surface area contributed by atoms with Crippen molar-refractivity contribution >= 4 is 17.7 Å². The minimum Gasteiger partial charge on any atom is -0.496 e. The molecule has 5 heteroatoms. The Bertz CT molecular complexity index is 789. The molecule has 4 nitrogen and oxygen atoms in total. The molecule has 0 spiro atoms. The number of nitrogens with one attached hydrogen (secondary N) is 1. The maximum absolute atomic E-state index is 13.0. The van der Waals surface area contributed by atoms with E-state index in [0.29, 0.717) is 5.92 Å². The Morgan fingerprint density at radius 1 is 1.10 bits per heavy atom. The summed E-state index contributed by atoms with van der Waals surface area (Å²) >= 11 is 1.75. The van der Waals surface area contributed by atoms with Crippen molar-refractivity contribution in [3.63, 3.8) is 0 Å². The first kappa shape index (κ1) is 22.7. The first-order valence-electron chi connectivity index (χ1n) is 10.9. The van der Waals surface area contributed by atoms with Crippen molar-refractivity contribution in [3.05, 3.63) is 65.7 Å². The molecule has 1 atom stereocenters. The molecule has 0 aromatic heterocycles. The predicted molar refractivity (Wildman–Crippen MR) is 126 cm³/mol. The second-order valence-electron chi connectivity index (χ2n) is 8.33. The third-order valence-corrected chi connectivity index (χ3v) is 7.27. The molecular formula is C25H34N2O2S. The number of ether oxygens (including phenoxy) is 1. The van der Waals surface area contributed by atoms with Gasteiger partial charge in [-0.15, -0.1) is 11.8 Å². The molecule has 1 N–H and O–H groups in total. The molecule has 30 heavy (non-hydrogen) atoms. The van der Waals surface area contributed by atoms with Gasteiger partial charge in [0.25, 0.3) is 0 Å². The molecule has 3 rings (SSSR count). The first-order valence-corrected chi connectivity index (χ1v) is 11.9.